The van der Waals surface area contributed by atoms with Crippen molar-refractivity contribution in [1.29, 1.82) is 0 Å². The molecule has 6 nitrogen and oxygen atoms in total. The number of thiocarbonyl (C=S) groups is 1. The van der Waals surface area contributed by atoms with Crippen molar-refractivity contribution in [3.05, 3.63) is 90.6 Å². The molecule has 0 aliphatic rings. The molecule has 0 aliphatic heterocycles. The lowest BCUT2D eigenvalue weighted by atomic mass is 10.1. The van der Waals surface area contributed by atoms with Crippen molar-refractivity contribution in [2.45, 2.75) is 13.5 Å². The fraction of sp³-hybridized carbons (Fsp3) is 0.120. The van der Waals surface area contributed by atoms with E-state index in [1.165, 1.54) is 6.07 Å². The molecule has 0 fully saturated rings. The van der Waals surface area contributed by atoms with Gasteiger partial charge in [0.05, 0.1) is 17.6 Å². The number of benzene rings is 3. The van der Waals surface area contributed by atoms with E-state index in [2.05, 4.69) is 20.6 Å². The fourth-order valence-corrected chi connectivity index (χ4v) is 3.33. The number of hydrogen-bond acceptors (Lipinski definition) is 4. The second-order valence-corrected chi connectivity index (χ2v) is 7.51. The highest BCUT2D eigenvalue weighted by Gasteiger charge is 2.08. The first-order valence-electron chi connectivity index (χ1n) is 10.4. The van der Waals surface area contributed by atoms with Crippen LogP contribution in [0.2, 0.25) is 0 Å². The van der Waals surface area contributed by atoms with Gasteiger partial charge in [-0.05, 0) is 73.2 Å². The maximum atomic E-state index is 14.4. The normalized spacial score (nSPS) is 10.5. The Morgan fingerprint density at radius 2 is 1.76 bits per heavy atom. The van der Waals surface area contributed by atoms with Crippen LogP contribution in [0.5, 0.6) is 17.2 Å². The second-order valence-electron chi connectivity index (χ2n) is 7.10. The average molecular weight is 463 g/mol. The van der Waals surface area contributed by atoms with Crippen LogP contribution in [0.4, 0.5) is 10.1 Å². The largest absolute Gasteiger partial charge is 0.486 e. The second kappa shape index (κ2) is 10.6. The number of nitrogens with zero attached hydrogens (tertiary/aromatic N) is 1. The highest BCUT2D eigenvalue weighted by molar-refractivity contribution is 7.80. The zero-order chi connectivity index (χ0) is 23.0. The van der Waals surface area contributed by atoms with Gasteiger partial charge in [-0.1, -0.05) is 18.2 Å². The fourth-order valence-electron chi connectivity index (χ4n) is 3.08. The first-order chi connectivity index (χ1) is 16.1. The van der Waals surface area contributed by atoms with Crippen molar-refractivity contribution in [2.75, 3.05) is 11.9 Å². The van der Waals surface area contributed by atoms with Crippen molar-refractivity contribution >= 4 is 23.0 Å². The number of imidazole rings is 1. The third-order valence-electron chi connectivity index (χ3n) is 4.67. The molecule has 0 atom stereocenters. The first-order valence-corrected chi connectivity index (χ1v) is 10.9. The molecule has 0 amide bonds. The summed E-state index contributed by atoms with van der Waals surface area (Å²) in [5, 5.41) is 6.11. The molecule has 1 aromatic heterocycles. The molecule has 3 aromatic carbocycles. The molecule has 0 radical (unpaired) electrons. The molecule has 3 N–H and O–H groups in total. The monoisotopic (exact) mass is 462 g/mol. The van der Waals surface area contributed by atoms with E-state index < -0.39 is 5.82 Å². The number of H-pyrrole nitrogens is 1. The molecule has 0 bridgehead atoms. The summed E-state index contributed by atoms with van der Waals surface area (Å²) in [6.45, 7) is 2.92. The number of hydrogen-bond donors (Lipinski definition) is 3. The lowest BCUT2D eigenvalue weighted by molar-refractivity contribution is 0.297. The summed E-state index contributed by atoms with van der Waals surface area (Å²) in [5.41, 5.74) is 2.10. The van der Waals surface area contributed by atoms with E-state index in [1.807, 2.05) is 61.5 Å². The van der Waals surface area contributed by atoms with E-state index in [4.69, 9.17) is 21.7 Å². The number of aromatic nitrogens is 2. The summed E-state index contributed by atoms with van der Waals surface area (Å²) in [4.78, 5) is 7.63. The van der Waals surface area contributed by atoms with Crippen LogP contribution in [0.15, 0.2) is 79.0 Å². The lowest BCUT2D eigenvalue weighted by Gasteiger charge is -2.11. The summed E-state index contributed by atoms with van der Waals surface area (Å²) in [7, 11) is 0. The quantitative estimate of drug-likeness (QED) is 0.284. The van der Waals surface area contributed by atoms with E-state index in [1.54, 1.807) is 18.3 Å². The molecule has 1 heterocycles. The summed E-state index contributed by atoms with van der Waals surface area (Å²) in [6, 6.07) is 21.6. The van der Waals surface area contributed by atoms with Crippen LogP contribution >= 0.6 is 12.2 Å². The maximum Gasteiger partial charge on any atom is 0.170 e. The zero-order valence-corrected chi connectivity index (χ0v) is 18.8. The minimum absolute atomic E-state index is 0.287. The summed E-state index contributed by atoms with van der Waals surface area (Å²) >= 11 is 5.09. The van der Waals surface area contributed by atoms with E-state index in [0.29, 0.717) is 29.8 Å². The Morgan fingerprint density at radius 3 is 2.48 bits per heavy atom. The third kappa shape index (κ3) is 6.08. The Labute approximate surface area is 196 Å². The Bertz CT molecular complexity index is 1210. The van der Waals surface area contributed by atoms with Gasteiger partial charge in [-0.2, -0.15) is 0 Å². The average Bonchev–Trinajstić information content (AvgIpc) is 3.30. The summed E-state index contributed by atoms with van der Waals surface area (Å²) in [6.07, 6.45) is 1.76. The highest BCUT2D eigenvalue weighted by Crippen LogP contribution is 2.27. The van der Waals surface area contributed by atoms with Gasteiger partial charge in [0, 0.05) is 12.6 Å². The van der Waals surface area contributed by atoms with Crippen molar-refractivity contribution in [3.63, 3.8) is 0 Å². The van der Waals surface area contributed by atoms with E-state index in [9.17, 15) is 4.39 Å². The standard InChI is InChI=1S/C25H23FN4O2S/c1-2-27-25(33)30-22-13-12-20(14-21(22)26)32-19-10-8-17(9-11-19)23-15-28-24(29-23)16-31-18-6-4-3-5-7-18/h3-15H,2,16H2,1H3,(H,28,29)(H2,27,30,33). The number of ether oxygens (including phenoxy) is 2. The number of nitrogens with one attached hydrogen (secondary N) is 3. The summed E-state index contributed by atoms with van der Waals surface area (Å²) < 4.78 is 25.9. The zero-order valence-electron chi connectivity index (χ0n) is 18.0. The molecule has 4 aromatic rings. The predicted molar refractivity (Wildman–Crippen MR) is 131 cm³/mol. The highest BCUT2D eigenvalue weighted by atomic mass is 32.1. The number of para-hydroxylation sites is 1. The van der Waals surface area contributed by atoms with Gasteiger partial charge in [0.25, 0.3) is 0 Å². The van der Waals surface area contributed by atoms with Gasteiger partial charge in [-0.3, -0.25) is 0 Å². The SMILES string of the molecule is CCNC(=S)Nc1ccc(Oc2ccc(-c3cnc(COc4ccccc4)[nH]3)cc2)cc1F. The molecule has 4 rings (SSSR count). The van der Waals surface area contributed by atoms with Crippen LogP contribution < -0.4 is 20.1 Å². The van der Waals surface area contributed by atoms with E-state index >= 15 is 0 Å². The van der Waals surface area contributed by atoms with Gasteiger partial charge in [0.15, 0.2) is 5.11 Å². The Balaban J connectivity index is 1.36. The number of anilines is 1. The predicted octanol–water partition coefficient (Wildman–Crippen LogP) is 5.89. The Hall–Kier alpha value is -3.91. The maximum absolute atomic E-state index is 14.4. The molecule has 0 aliphatic carbocycles. The van der Waals surface area contributed by atoms with Gasteiger partial charge >= 0.3 is 0 Å². The lowest BCUT2D eigenvalue weighted by Crippen LogP contribution is -2.28. The molecule has 8 heteroatoms. The van der Waals surface area contributed by atoms with E-state index in [-0.39, 0.29) is 5.69 Å². The molecule has 0 unspecified atom stereocenters. The van der Waals surface area contributed by atoms with Crippen LogP contribution in [-0.4, -0.2) is 21.6 Å². The molecule has 0 spiro atoms. The number of rotatable bonds is 8. The topological polar surface area (TPSA) is 71.2 Å². The number of aromatic amines is 1. The van der Waals surface area contributed by atoms with Crippen LogP contribution in [0.1, 0.15) is 12.7 Å². The molecular weight excluding hydrogens is 439 g/mol. The van der Waals surface area contributed by atoms with Gasteiger partial charge in [0.1, 0.15) is 35.5 Å². The van der Waals surface area contributed by atoms with Gasteiger partial charge in [0.2, 0.25) is 0 Å². The van der Waals surface area contributed by atoms with Crippen LogP contribution in [0.3, 0.4) is 0 Å². The minimum atomic E-state index is -0.452. The van der Waals surface area contributed by atoms with Crippen LogP contribution in [0, 0.1) is 5.82 Å². The van der Waals surface area contributed by atoms with Crippen molar-refractivity contribution in [2.24, 2.45) is 0 Å². The third-order valence-corrected chi connectivity index (χ3v) is 4.92. The van der Waals surface area contributed by atoms with Crippen molar-refractivity contribution < 1.29 is 13.9 Å². The van der Waals surface area contributed by atoms with Crippen molar-refractivity contribution in [1.82, 2.24) is 15.3 Å². The van der Waals surface area contributed by atoms with Crippen LogP contribution in [0.25, 0.3) is 11.3 Å². The number of halogens is 1. The van der Waals surface area contributed by atoms with Gasteiger partial charge < -0.3 is 25.1 Å². The van der Waals surface area contributed by atoms with Gasteiger partial charge in [-0.15, -0.1) is 0 Å². The molecule has 0 saturated heterocycles. The first kappa shape index (κ1) is 22.3. The smallest absolute Gasteiger partial charge is 0.170 e. The van der Waals surface area contributed by atoms with Crippen LogP contribution in [-0.2, 0) is 6.61 Å². The van der Waals surface area contributed by atoms with Crippen molar-refractivity contribution in [3.8, 4) is 28.5 Å². The summed E-state index contributed by atoms with van der Waals surface area (Å²) in [5.74, 6) is 2.05. The Morgan fingerprint density at radius 1 is 1.00 bits per heavy atom. The molecule has 0 saturated carbocycles. The minimum Gasteiger partial charge on any atom is -0.486 e. The Kier molecular flexibility index (Phi) is 7.16. The van der Waals surface area contributed by atoms with Gasteiger partial charge in [-0.25, -0.2) is 9.37 Å². The molecular formula is C25H23FN4O2S. The van der Waals surface area contributed by atoms with E-state index in [0.717, 1.165) is 22.8 Å². The molecule has 168 valence electrons. The molecule has 33 heavy (non-hydrogen) atoms.